The van der Waals surface area contributed by atoms with Crippen LogP contribution in [0.2, 0.25) is 0 Å². The lowest BCUT2D eigenvalue weighted by Gasteiger charge is -2.08. The lowest BCUT2D eigenvalue weighted by Crippen LogP contribution is -2.03. The van der Waals surface area contributed by atoms with Crippen molar-refractivity contribution in [2.45, 2.75) is 13.2 Å². The van der Waals surface area contributed by atoms with E-state index in [4.69, 9.17) is 17.8 Å². The van der Waals surface area contributed by atoms with Gasteiger partial charge in [-0.3, -0.25) is 8.37 Å². The Morgan fingerprint density at radius 3 is 1.19 bits per heavy atom. The zero-order chi connectivity index (χ0) is 22.0. The number of ether oxygens (including phenoxy) is 2. The van der Waals surface area contributed by atoms with Crippen LogP contribution >= 0.6 is 0 Å². The maximum atomic E-state index is 12.0. The van der Waals surface area contributed by atoms with Gasteiger partial charge in [0.25, 0.3) is 0 Å². The van der Waals surface area contributed by atoms with E-state index in [1.807, 2.05) is 109 Å². The SMILES string of the molecule is O=S(OCc1ccc(Oc2ccccc2)cc1)OCc1ccc(Oc2ccccc2)cc1. The van der Waals surface area contributed by atoms with E-state index in [0.29, 0.717) is 0 Å². The maximum Gasteiger partial charge on any atom is 0.305 e. The van der Waals surface area contributed by atoms with Crippen LogP contribution in [0, 0.1) is 0 Å². The molecule has 0 radical (unpaired) electrons. The van der Waals surface area contributed by atoms with E-state index < -0.39 is 11.4 Å². The summed E-state index contributed by atoms with van der Waals surface area (Å²) in [6, 6.07) is 33.9. The second-order valence-electron chi connectivity index (χ2n) is 6.85. The Balaban J connectivity index is 1.19. The van der Waals surface area contributed by atoms with Crippen LogP contribution in [0.15, 0.2) is 109 Å². The van der Waals surface area contributed by atoms with E-state index in [-0.39, 0.29) is 13.2 Å². The molecular weight excluding hydrogens is 424 g/mol. The highest BCUT2D eigenvalue weighted by Gasteiger charge is 2.05. The van der Waals surface area contributed by atoms with Crippen molar-refractivity contribution in [2.24, 2.45) is 0 Å². The monoisotopic (exact) mass is 446 g/mol. The lowest BCUT2D eigenvalue weighted by atomic mass is 10.2. The summed E-state index contributed by atoms with van der Waals surface area (Å²) >= 11 is -1.86. The predicted octanol–water partition coefficient (Wildman–Crippen LogP) is 6.58. The van der Waals surface area contributed by atoms with Crippen molar-refractivity contribution in [3.05, 3.63) is 120 Å². The minimum Gasteiger partial charge on any atom is -0.457 e. The number of para-hydroxylation sites is 2. The molecule has 0 aliphatic carbocycles. The molecular formula is C26H22O5S. The molecule has 5 nitrogen and oxygen atoms in total. The summed E-state index contributed by atoms with van der Waals surface area (Å²) in [4.78, 5) is 0. The van der Waals surface area contributed by atoms with Gasteiger partial charge in [0.05, 0.1) is 13.2 Å². The van der Waals surface area contributed by atoms with Crippen LogP contribution in [0.25, 0.3) is 0 Å². The summed E-state index contributed by atoms with van der Waals surface area (Å²) < 4.78 is 34.1. The highest BCUT2D eigenvalue weighted by molar-refractivity contribution is 7.75. The van der Waals surface area contributed by atoms with E-state index in [1.54, 1.807) is 0 Å². The summed E-state index contributed by atoms with van der Waals surface area (Å²) in [6.45, 7) is 0.337. The highest BCUT2D eigenvalue weighted by atomic mass is 32.2. The zero-order valence-corrected chi connectivity index (χ0v) is 18.1. The van der Waals surface area contributed by atoms with Crippen molar-refractivity contribution in [1.29, 1.82) is 0 Å². The molecule has 0 fully saturated rings. The highest BCUT2D eigenvalue weighted by Crippen LogP contribution is 2.22. The van der Waals surface area contributed by atoms with Crippen molar-refractivity contribution in [2.75, 3.05) is 0 Å². The number of hydrogen-bond donors (Lipinski definition) is 0. The summed E-state index contributed by atoms with van der Waals surface area (Å²) in [5, 5.41) is 0. The molecule has 0 heterocycles. The van der Waals surface area contributed by atoms with Crippen molar-refractivity contribution >= 4 is 11.4 Å². The van der Waals surface area contributed by atoms with Crippen LogP contribution in [0.4, 0.5) is 0 Å². The van der Waals surface area contributed by atoms with E-state index >= 15 is 0 Å². The van der Waals surface area contributed by atoms with Gasteiger partial charge in [0.1, 0.15) is 23.0 Å². The van der Waals surface area contributed by atoms with Gasteiger partial charge in [0.2, 0.25) is 0 Å². The van der Waals surface area contributed by atoms with Crippen molar-refractivity contribution in [3.63, 3.8) is 0 Å². The first-order valence-corrected chi connectivity index (χ1v) is 11.1. The van der Waals surface area contributed by atoms with Crippen LogP contribution in [0.1, 0.15) is 11.1 Å². The van der Waals surface area contributed by atoms with Gasteiger partial charge >= 0.3 is 11.4 Å². The summed E-state index contributed by atoms with van der Waals surface area (Å²) in [7, 11) is 0. The van der Waals surface area contributed by atoms with Gasteiger partial charge in [-0.2, -0.15) is 4.21 Å². The van der Waals surface area contributed by atoms with E-state index in [2.05, 4.69) is 0 Å². The zero-order valence-electron chi connectivity index (χ0n) is 17.3. The predicted molar refractivity (Wildman–Crippen MR) is 124 cm³/mol. The normalized spacial score (nSPS) is 10.8. The minimum absolute atomic E-state index is 0.169. The molecule has 4 aromatic rings. The number of benzene rings is 4. The van der Waals surface area contributed by atoms with Crippen molar-refractivity contribution < 1.29 is 22.0 Å². The summed E-state index contributed by atoms with van der Waals surface area (Å²) in [5.74, 6) is 2.98. The van der Waals surface area contributed by atoms with E-state index in [0.717, 1.165) is 34.1 Å². The van der Waals surface area contributed by atoms with Gasteiger partial charge in [-0.15, -0.1) is 0 Å². The molecule has 0 amide bonds. The van der Waals surface area contributed by atoms with Crippen molar-refractivity contribution in [3.8, 4) is 23.0 Å². The van der Waals surface area contributed by atoms with Crippen LogP contribution in [0.3, 0.4) is 0 Å². The maximum absolute atomic E-state index is 12.0. The Labute approximate surface area is 190 Å². The van der Waals surface area contributed by atoms with Gasteiger partial charge in [0, 0.05) is 0 Å². The molecule has 0 bridgehead atoms. The molecule has 0 aliphatic heterocycles. The van der Waals surface area contributed by atoms with Crippen LogP contribution in [-0.4, -0.2) is 4.21 Å². The molecule has 162 valence electrons. The van der Waals surface area contributed by atoms with Gasteiger partial charge in [-0.05, 0) is 59.7 Å². The first-order chi connectivity index (χ1) is 15.7. The average molecular weight is 447 g/mol. The Kier molecular flexibility index (Phi) is 7.65. The lowest BCUT2D eigenvalue weighted by molar-refractivity contribution is 0.236. The Hall–Kier alpha value is -3.45. The topological polar surface area (TPSA) is 54.0 Å². The fraction of sp³-hybridized carbons (Fsp3) is 0.0769. The molecule has 0 aliphatic rings. The molecule has 0 saturated heterocycles. The van der Waals surface area contributed by atoms with Gasteiger partial charge < -0.3 is 9.47 Å². The largest absolute Gasteiger partial charge is 0.457 e. The molecule has 6 heteroatoms. The molecule has 0 unspecified atom stereocenters. The molecule has 0 spiro atoms. The van der Waals surface area contributed by atoms with Crippen LogP contribution < -0.4 is 9.47 Å². The van der Waals surface area contributed by atoms with Gasteiger partial charge in [-0.1, -0.05) is 60.7 Å². The third-order valence-corrected chi connectivity index (χ3v) is 5.07. The fourth-order valence-corrected chi connectivity index (χ4v) is 3.36. The average Bonchev–Trinajstić information content (AvgIpc) is 2.84. The summed E-state index contributed by atoms with van der Waals surface area (Å²) in [6.07, 6.45) is 0. The molecule has 0 aromatic heterocycles. The quantitative estimate of drug-likeness (QED) is 0.275. The Morgan fingerprint density at radius 1 is 0.469 bits per heavy atom. The van der Waals surface area contributed by atoms with Gasteiger partial charge in [-0.25, -0.2) is 0 Å². The second-order valence-corrected chi connectivity index (χ2v) is 7.73. The number of rotatable bonds is 10. The molecule has 4 rings (SSSR count). The standard InChI is InChI=1S/C26H22O5S/c27-32(28-19-21-11-15-25(16-12-21)30-23-7-3-1-4-8-23)29-20-22-13-17-26(18-14-22)31-24-9-5-2-6-10-24/h1-18H,19-20H2. The first-order valence-electron chi connectivity index (χ1n) is 10.1. The summed E-state index contributed by atoms with van der Waals surface area (Å²) in [5.41, 5.74) is 1.73. The Bertz CT molecular complexity index is 1020. The third kappa shape index (κ3) is 6.78. The molecule has 0 saturated carbocycles. The van der Waals surface area contributed by atoms with Crippen molar-refractivity contribution in [1.82, 2.24) is 0 Å². The minimum atomic E-state index is -1.86. The van der Waals surface area contributed by atoms with Crippen LogP contribution in [-0.2, 0) is 32.9 Å². The fourth-order valence-electron chi connectivity index (χ4n) is 2.82. The van der Waals surface area contributed by atoms with E-state index in [1.165, 1.54) is 0 Å². The molecule has 0 N–H and O–H groups in total. The molecule has 4 aromatic carbocycles. The molecule has 32 heavy (non-hydrogen) atoms. The number of hydrogen-bond acceptors (Lipinski definition) is 5. The smallest absolute Gasteiger partial charge is 0.305 e. The second kappa shape index (κ2) is 11.2. The van der Waals surface area contributed by atoms with Crippen LogP contribution in [0.5, 0.6) is 23.0 Å². The third-order valence-electron chi connectivity index (χ3n) is 4.45. The first kappa shape index (κ1) is 21.8. The van der Waals surface area contributed by atoms with E-state index in [9.17, 15) is 4.21 Å². The Morgan fingerprint density at radius 2 is 0.812 bits per heavy atom. The van der Waals surface area contributed by atoms with Gasteiger partial charge in [0.15, 0.2) is 0 Å². The molecule has 0 atom stereocenters.